The van der Waals surface area contributed by atoms with E-state index in [1.807, 2.05) is 36.4 Å². The number of carbonyl (C=O) groups excluding carboxylic acids is 1. The second-order valence-corrected chi connectivity index (χ2v) is 4.07. The second kappa shape index (κ2) is 4.34. The minimum absolute atomic E-state index is 0.00864. The van der Waals surface area contributed by atoms with Gasteiger partial charge in [0.05, 0.1) is 6.42 Å². The quantitative estimate of drug-likeness (QED) is 0.708. The molecule has 1 aromatic heterocycles. The molecule has 1 aliphatic heterocycles. The number of carbonyl (C=O) groups is 1. The first-order chi connectivity index (χ1) is 8.81. The first kappa shape index (κ1) is 10.5. The fourth-order valence-electron chi connectivity index (χ4n) is 1.84. The van der Waals surface area contributed by atoms with Crippen LogP contribution in [0, 0.1) is 11.8 Å². The molecule has 3 rings (SSSR count). The topological polar surface area (TPSA) is 42.0 Å². The number of hydrogen-bond donors (Lipinski definition) is 1. The minimum atomic E-state index is -0.00864. The van der Waals surface area contributed by atoms with Crippen LogP contribution < -0.4 is 5.32 Å². The fraction of sp³-hybridized carbons (Fsp3) is 0.0667. The van der Waals surface area contributed by atoms with E-state index in [9.17, 15) is 4.79 Å². The molecule has 0 spiro atoms. The zero-order valence-corrected chi connectivity index (χ0v) is 9.60. The van der Waals surface area contributed by atoms with Crippen molar-refractivity contribution < 1.29 is 4.79 Å². The van der Waals surface area contributed by atoms with Crippen LogP contribution in [0.2, 0.25) is 0 Å². The average Bonchev–Trinajstić information content (AvgIpc) is 2.77. The largest absolute Gasteiger partial charge is 0.310 e. The summed E-state index contributed by atoms with van der Waals surface area (Å²) in [6.45, 7) is 0. The van der Waals surface area contributed by atoms with E-state index in [2.05, 4.69) is 22.1 Å². The third-order valence-electron chi connectivity index (χ3n) is 2.70. The SMILES string of the molecule is O=C1Cc2cc(C#Cc3ccccc3)cnc2N1. The molecule has 1 N–H and O–H groups in total. The normalized spacial score (nSPS) is 12.3. The Labute approximate surface area is 105 Å². The van der Waals surface area contributed by atoms with Gasteiger partial charge in [-0.15, -0.1) is 0 Å². The zero-order chi connectivity index (χ0) is 12.4. The summed E-state index contributed by atoms with van der Waals surface area (Å²) in [4.78, 5) is 15.4. The van der Waals surface area contributed by atoms with Crippen LogP contribution in [0.3, 0.4) is 0 Å². The molecule has 1 aliphatic rings. The molecule has 0 radical (unpaired) electrons. The highest BCUT2D eigenvalue weighted by Crippen LogP contribution is 2.20. The average molecular weight is 234 g/mol. The van der Waals surface area contributed by atoms with Gasteiger partial charge in [0, 0.05) is 22.9 Å². The van der Waals surface area contributed by atoms with Gasteiger partial charge in [-0.25, -0.2) is 4.98 Å². The fourth-order valence-corrected chi connectivity index (χ4v) is 1.84. The molecule has 1 amide bonds. The van der Waals surface area contributed by atoms with Crippen molar-refractivity contribution in [2.45, 2.75) is 6.42 Å². The highest BCUT2D eigenvalue weighted by Gasteiger charge is 2.18. The van der Waals surface area contributed by atoms with Crippen LogP contribution in [0.4, 0.5) is 5.82 Å². The molecule has 18 heavy (non-hydrogen) atoms. The molecular weight excluding hydrogens is 224 g/mol. The Morgan fingerprint density at radius 2 is 1.89 bits per heavy atom. The highest BCUT2D eigenvalue weighted by atomic mass is 16.1. The van der Waals surface area contributed by atoms with E-state index in [4.69, 9.17) is 0 Å². The van der Waals surface area contributed by atoms with E-state index in [0.717, 1.165) is 16.7 Å². The van der Waals surface area contributed by atoms with Crippen molar-refractivity contribution in [1.82, 2.24) is 4.98 Å². The monoisotopic (exact) mass is 234 g/mol. The molecule has 0 bridgehead atoms. The maximum Gasteiger partial charge on any atom is 0.230 e. The smallest absolute Gasteiger partial charge is 0.230 e. The summed E-state index contributed by atoms with van der Waals surface area (Å²) in [5, 5.41) is 2.70. The number of nitrogens with zero attached hydrogens (tertiary/aromatic N) is 1. The lowest BCUT2D eigenvalue weighted by Crippen LogP contribution is -2.04. The first-order valence-corrected chi connectivity index (χ1v) is 5.67. The Morgan fingerprint density at radius 1 is 1.11 bits per heavy atom. The number of benzene rings is 1. The van der Waals surface area contributed by atoms with Crippen molar-refractivity contribution in [2.75, 3.05) is 5.32 Å². The van der Waals surface area contributed by atoms with E-state index < -0.39 is 0 Å². The Kier molecular flexibility index (Phi) is 2.54. The molecule has 3 nitrogen and oxygen atoms in total. The van der Waals surface area contributed by atoms with Crippen LogP contribution in [0.15, 0.2) is 42.6 Å². The molecule has 3 heteroatoms. The second-order valence-electron chi connectivity index (χ2n) is 4.07. The molecule has 0 atom stereocenters. The summed E-state index contributed by atoms with van der Waals surface area (Å²) >= 11 is 0. The number of aromatic nitrogens is 1. The highest BCUT2D eigenvalue weighted by molar-refractivity contribution is 5.97. The van der Waals surface area contributed by atoms with Crippen LogP contribution >= 0.6 is 0 Å². The molecule has 0 fully saturated rings. The summed E-state index contributed by atoms with van der Waals surface area (Å²) in [6, 6.07) is 11.7. The molecule has 0 aliphatic carbocycles. The Hall–Kier alpha value is -2.60. The first-order valence-electron chi connectivity index (χ1n) is 5.67. The predicted octanol–water partition coefficient (Wildman–Crippen LogP) is 1.98. The molecule has 86 valence electrons. The van der Waals surface area contributed by atoms with E-state index in [1.54, 1.807) is 6.20 Å². The van der Waals surface area contributed by atoms with E-state index in [-0.39, 0.29) is 5.91 Å². The third kappa shape index (κ3) is 2.09. The van der Waals surface area contributed by atoms with Gasteiger partial charge in [-0.2, -0.15) is 0 Å². The summed E-state index contributed by atoms with van der Waals surface area (Å²) in [5.41, 5.74) is 2.71. The Morgan fingerprint density at radius 3 is 2.72 bits per heavy atom. The van der Waals surface area contributed by atoms with Crippen molar-refractivity contribution in [2.24, 2.45) is 0 Å². The van der Waals surface area contributed by atoms with Gasteiger partial charge in [0.25, 0.3) is 0 Å². The number of fused-ring (bicyclic) bond motifs is 1. The lowest BCUT2D eigenvalue weighted by Gasteiger charge is -1.96. The summed E-state index contributed by atoms with van der Waals surface area (Å²) in [7, 11) is 0. The molecule has 0 saturated carbocycles. The van der Waals surface area contributed by atoms with Crippen LogP contribution in [0.25, 0.3) is 0 Å². The van der Waals surface area contributed by atoms with Crippen molar-refractivity contribution in [1.29, 1.82) is 0 Å². The van der Waals surface area contributed by atoms with Crippen LogP contribution in [-0.2, 0) is 11.2 Å². The standard InChI is InChI=1S/C15H10N2O/c18-14-9-13-8-12(10-16-15(13)17-14)7-6-11-4-2-1-3-5-11/h1-5,8,10H,9H2,(H,16,17,18). The van der Waals surface area contributed by atoms with Gasteiger partial charge in [0.15, 0.2) is 0 Å². The van der Waals surface area contributed by atoms with Gasteiger partial charge in [-0.05, 0) is 18.2 Å². The van der Waals surface area contributed by atoms with Crippen molar-refractivity contribution in [3.63, 3.8) is 0 Å². The van der Waals surface area contributed by atoms with Gasteiger partial charge in [-0.3, -0.25) is 4.79 Å². The molecule has 0 saturated heterocycles. The van der Waals surface area contributed by atoms with Gasteiger partial charge in [0.2, 0.25) is 5.91 Å². The number of nitrogens with one attached hydrogen (secondary N) is 1. The van der Waals surface area contributed by atoms with Crippen LogP contribution in [-0.4, -0.2) is 10.9 Å². The molecule has 0 unspecified atom stereocenters. The van der Waals surface area contributed by atoms with Crippen molar-refractivity contribution >= 4 is 11.7 Å². The number of amides is 1. The molecule has 2 heterocycles. The van der Waals surface area contributed by atoms with Crippen LogP contribution in [0.1, 0.15) is 16.7 Å². The van der Waals surface area contributed by atoms with Gasteiger partial charge in [0.1, 0.15) is 5.82 Å². The number of anilines is 1. The Bertz CT molecular complexity index is 666. The van der Waals surface area contributed by atoms with Crippen molar-refractivity contribution in [3.8, 4) is 11.8 Å². The summed E-state index contributed by atoms with van der Waals surface area (Å²) < 4.78 is 0. The zero-order valence-electron chi connectivity index (χ0n) is 9.60. The molecule has 2 aromatic rings. The molecule has 1 aromatic carbocycles. The molecular formula is C15H10N2O. The number of rotatable bonds is 0. The van der Waals surface area contributed by atoms with Crippen molar-refractivity contribution in [3.05, 3.63) is 59.3 Å². The van der Waals surface area contributed by atoms with E-state index in [1.165, 1.54) is 0 Å². The summed E-state index contributed by atoms with van der Waals surface area (Å²) in [6.07, 6.45) is 2.07. The third-order valence-corrected chi connectivity index (χ3v) is 2.70. The number of pyridine rings is 1. The maximum atomic E-state index is 11.2. The Balaban J connectivity index is 1.89. The predicted molar refractivity (Wildman–Crippen MR) is 69.0 cm³/mol. The minimum Gasteiger partial charge on any atom is -0.310 e. The van der Waals surface area contributed by atoms with Crippen LogP contribution in [0.5, 0.6) is 0 Å². The van der Waals surface area contributed by atoms with Gasteiger partial charge < -0.3 is 5.32 Å². The maximum absolute atomic E-state index is 11.2. The lowest BCUT2D eigenvalue weighted by atomic mass is 10.1. The lowest BCUT2D eigenvalue weighted by molar-refractivity contribution is -0.115. The number of hydrogen-bond acceptors (Lipinski definition) is 2. The van der Waals surface area contributed by atoms with Gasteiger partial charge in [-0.1, -0.05) is 30.0 Å². The van der Waals surface area contributed by atoms with Gasteiger partial charge >= 0.3 is 0 Å². The van der Waals surface area contributed by atoms with E-state index in [0.29, 0.717) is 12.2 Å². The summed E-state index contributed by atoms with van der Waals surface area (Å²) in [5.74, 6) is 6.77. The van der Waals surface area contributed by atoms with E-state index >= 15 is 0 Å².